The molecule has 0 radical (unpaired) electrons. The van der Waals surface area contributed by atoms with Gasteiger partial charge in [0.2, 0.25) is 11.8 Å². The van der Waals surface area contributed by atoms with Gasteiger partial charge in [-0.05, 0) is 94.0 Å². The van der Waals surface area contributed by atoms with Crippen molar-refractivity contribution in [3.8, 4) is 62.0 Å². The van der Waals surface area contributed by atoms with E-state index in [1.165, 1.54) is 44.1 Å². The van der Waals surface area contributed by atoms with Gasteiger partial charge in [0.15, 0.2) is 0 Å². The van der Waals surface area contributed by atoms with Gasteiger partial charge in [0.05, 0.1) is 11.0 Å². The molecule has 0 bridgehead atoms. The van der Waals surface area contributed by atoms with Gasteiger partial charge >= 0.3 is 0 Å². The molecule has 4 heteroatoms. The Morgan fingerprint density at radius 3 is 1.19 bits per heavy atom. The van der Waals surface area contributed by atoms with Crippen molar-refractivity contribution in [3.63, 3.8) is 0 Å². The molecule has 9 aromatic rings. The predicted octanol–water partition coefficient (Wildman–Crippen LogP) is 11.5. The Balaban J connectivity index is 1.11. The maximum atomic E-state index is 6.00. The molecular weight excluding hydrogens is 587 g/mol. The van der Waals surface area contributed by atoms with Gasteiger partial charge in [-0.3, -0.25) is 0 Å². The molecule has 0 saturated heterocycles. The van der Waals surface area contributed by atoms with Crippen LogP contribution in [-0.2, 0) is 0 Å². The molecule has 0 amide bonds. The van der Waals surface area contributed by atoms with Gasteiger partial charge in [0.25, 0.3) is 0 Å². The SMILES string of the molecule is c1ccc(-c2ccc(-c3ccc4c(c3)c3cc(-c5ccc(-c6nnc(-c7ccccc7)o6)cc5)ccc3n4-c3ccccc3)cc2)cc1. The zero-order valence-corrected chi connectivity index (χ0v) is 26.0. The normalized spacial score (nSPS) is 11.3. The molecule has 0 unspecified atom stereocenters. The van der Waals surface area contributed by atoms with E-state index in [9.17, 15) is 0 Å². The summed E-state index contributed by atoms with van der Waals surface area (Å²) in [6.07, 6.45) is 0. The Bertz CT molecular complexity index is 2510. The first-order valence-electron chi connectivity index (χ1n) is 16.1. The maximum Gasteiger partial charge on any atom is 0.248 e. The number of hydrogen-bond donors (Lipinski definition) is 0. The van der Waals surface area contributed by atoms with E-state index in [-0.39, 0.29) is 0 Å². The Labute approximate surface area is 278 Å². The Hall–Kier alpha value is -6.52. The first-order valence-corrected chi connectivity index (χ1v) is 16.1. The fraction of sp³-hybridized carbons (Fsp3) is 0. The molecule has 48 heavy (non-hydrogen) atoms. The van der Waals surface area contributed by atoms with E-state index in [2.05, 4.69) is 148 Å². The average molecular weight is 616 g/mol. The lowest BCUT2D eigenvalue weighted by molar-refractivity contribution is 0.584. The lowest BCUT2D eigenvalue weighted by atomic mass is 9.98. The average Bonchev–Trinajstić information content (AvgIpc) is 3.79. The first kappa shape index (κ1) is 27.8. The van der Waals surface area contributed by atoms with Gasteiger partial charge in [0.1, 0.15) is 0 Å². The monoisotopic (exact) mass is 615 g/mol. The minimum Gasteiger partial charge on any atom is -0.416 e. The summed E-state index contributed by atoms with van der Waals surface area (Å²) in [7, 11) is 0. The van der Waals surface area contributed by atoms with Crippen molar-refractivity contribution in [1.29, 1.82) is 0 Å². The van der Waals surface area contributed by atoms with Crippen molar-refractivity contribution in [2.75, 3.05) is 0 Å². The first-order chi connectivity index (χ1) is 23.8. The molecule has 226 valence electrons. The minimum atomic E-state index is 0.506. The molecule has 9 rings (SSSR count). The molecule has 0 aliphatic heterocycles. The molecule has 0 spiro atoms. The van der Waals surface area contributed by atoms with Gasteiger partial charge in [-0.1, -0.05) is 115 Å². The van der Waals surface area contributed by atoms with Crippen molar-refractivity contribution >= 4 is 21.8 Å². The number of aromatic nitrogens is 3. The highest BCUT2D eigenvalue weighted by molar-refractivity contribution is 6.11. The summed E-state index contributed by atoms with van der Waals surface area (Å²) in [6, 6.07) is 61.7. The van der Waals surface area contributed by atoms with E-state index in [0.29, 0.717) is 11.8 Å². The highest BCUT2D eigenvalue weighted by atomic mass is 16.4. The van der Waals surface area contributed by atoms with Gasteiger partial charge in [-0.25, -0.2) is 0 Å². The lowest BCUT2D eigenvalue weighted by Crippen LogP contribution is -1.93. The topological polar surface area (TPSA) is 43.9 Å². The summed E-state index contributed by atoms with van der Waals surface area (Å²) in [6.45, 7) is 0. The molecule has 0 fully saturated rings. The summed E-state index contributed by atoms with van der Waals surface area (Å²) in [5.74, 6) is 1.02. The quantitative estimate of drug-likeness (QED) is 0.187. The van der Waals surface area contributed by atoms with E-state index >= 15 is 0 Å². The Morgan fingerprint density at radius 2 is 0.688 bits per heavy atom. The Kier molecular flexibility index (Phi) is 6.76. The van der Waals surface area contributed by atoms with Crippen LogP contribution in [0.15, 0.2) is 180 Å². The molecule has 4 nitrogen and oxygen atoms in total. The van der Waals surface area contributed by atoms with Crippen molar-refractivity contribution in [2.24, 2.45) is 0 Å². The summed E-state index contributed by atoms with van der Waals surface area (Å²) in [4.78, 5) is 0. The van der Waals surface area contributed by atoms with Crippen LogP contribution in [0.2, 0.25) is 0 Å². The van der Waals surface area contributed by atoms with Crippen molar-refractivity contribution in [2.45, 2.75) is 0 Å². The summed E-state index contributed by atoms with van der Waals surface area (Å²) < 4.78 is 8.36. The molecular formula is C44H29N3O. The van der Waals surface area contributed by atoms with E-state index in [1.807, 2.05) is 42.5 Å². The second-order valence-corrected chi connectivity index (χ2v) is 11.9. The molecule has 7 aromatic carbocycles. The fourth-order valence-electron chi connectivity index (χ4n) is 6.57. The second kappa shape index (κ2) is 11.7. The largest absolute Gasteiger partial charge is 0.416 e. The van der Waals surface area contributed by atoms with E-state index in [1.54, 1.807) is 0 Å². The van der Waals surface area contributed by atoms with Crippen LogP contribution in [0.1, 0.15) is 0 Å². The highest BCUT2D eigenvalue weighted by Gasteiger charge is 2.16. The van der Waals surface area contributed by atoms with Gasteiger partial charge in [-0.2, -0.15) is 0 Å². The number of nitrogens with zero attached hydrogens (tertiary/aromatic N) is 3. The third-order valence-corrected chi connectivity index (χ3v) is 9.02. The second-order valence-electron chi connectivity index (χ2n) is 11.9. The van der Waals surface area contributed by atoms with Crippen LogP contribution in [0.5, 0.6) is 0 Å². The summed E-state index contributed by atoms with van der Waals surface area (Å²) in [5, 5.41) is 11.0. The van der Waals surface area contributed by atoms with Crippen LogP contribution >= 0.6 is 0 Å². The molecule has 0 saturated carbocycles. The van der Waals surface area contributed by atoms with Crippen LogP contribution in [0.3, 0.4) is 0 Å². The van der Waals surface area contributed by atoms with Crippen LogP contribution in [0, 0.1) is 0 Å². The standard InChI is InChI=1S/C44H29N3O/c1-4-10-30(11-5-1)31-16-18-32(19-17-31)36-24-26-41-39(28-36)40-29-37(25-27-42(40)47(41)38-14-8-3-9-15-38)33-20-22-35(23-21-33)44-46-45-43(48-44)34-12-6-2-7-13-34/h1-29H. The number of rotatable bonds is 6. The van der Waals surface area contributed by atoms with Crippen molar-refractivity contribution in [1.82, 2.24) is 14.8 Å². The number of fused-ring (bicyclic) bond motifs is 3. The molecule has 0 aliphatic rings. The number of benzene rings is 7. The van der Waals surface area contributed by atoms with Crippen molar-refractivity contribution in [3.05, 3.63) is 176 Å². The molecule has 0 aliphatic carbocycles. The van der Waals surface area contributed by atoms with Crippen LogP contribution in [0.25, 0.3) is 83.8 Å². The lowest BCUT2D eigenvalue weighted by Gasteiger charge is -2.09. The fourth-order valence-corrected chi connectivity index (χ4v) is 6.57. The smallest absolute Gasteiger partial charge is 0.248 e. The number of para-hydroxylation sites is 1. The number of hydrogen-bond acceptors (Lipinski definition) is 3. The van der Waals surface area contributed by atoms with E-state index in [4.69, 9.17) is 4.42 Å². The van der Waals surface area contributed by atoms with E-state index in [0.717, 1.165) is 27.9 Å². The third kappa shape index (κ3) is 4.97. The van der Waals surface area contributed by atoms with Gasteiger partial charge in [-0.15, -0.1) is 10.2 Å². The highest BCUT2D eigenvalue weighted by Crippen LogP contribution is 2.38. The molecule has 0 N–H and O–H groups in total. The molecule has 2 aromatic heterocycles. The van der Waals surface area contributed by atoms with Crippen LogP contribution in [-0.4, -0.2) is 14.8 Å². The predicted molar refractivity (Wildman–Crippen MR) is 196 cm³/mol. The zero-order chi connectivity index (χ0) is 31.9. The summed E-state index contributed by atoms with van der Waals surface area (Å²) >= 11 is 0. The third-order valence-electron chi connectivity index (χ3n) is 9.02. The zero-order valence-electron chi connectivity index (χ0n) is 26.0. The molecule has 2 heterocycles. The minimum absolute atomic E-state index is 0.506. The van der Waals surface area contributed by atoms with Crippen molar-refractivity contribution < 1.29 is 4.42 Å². The van der Waals surface area contributed by atoms with Gasteiger partial charge < -0.3 is 8.98 Å². The van der Waals surface area contributed by atoms with Crippen LogP contribution in [0.4, 0.5) is 0 Å². The van der Waals surface area contributed by atoms with E-state index < -0.39 is 0 Å². The summed E-state index contributed by atoms with van der Waals surface area (Å²) in [5.41, 5.74) is 12.4. The maximum absolute atomic E-state index is 6.00. The van der Waals surface area contributed by atoms with Crippen LogP contribution < -0.4 is 0 Å². The Morgan fingerprint density at radius 1 is 0.333 bits per heavy atom. The van der Waals surface area contributed by atoms with Gasteiger partial charge in [0, 0.05) is 27.6 Å². The molecule has 0 atom stereocenters.